The van der Waals surface area contributed by atoms with Crippen molar-refractivity contribution in [1.82, 2.24) is 5.32 Å². The molecule has 0 saturated carbocycles. The van der Waals surface area contributed by atoms with Gasteiger partial charge in [0.2, 0.25) is 0 Å². The maximum Gasteiger partial charge on any atom is 0.145 e. The number of ether oxygens (including phenoxy) is 2. The second-order valence-electron chi connectivity index (χ2n) is 4.84. The van der Waals surface area contributed by atoms with Gasteiger partial charge in [0, 0.05) is 25.3 Å². The molecule has 2 rings (SSSR count). The smallest absolute Gasteiger partial charge is 0.145 e. The average Bonchev–Trinajstić information content (AvgIpc) is 2.94. The van der Waals surface area contributed by atoms with Crippen LogP contribution in [-0.2, 0) is 4.74 Å². The van der Waals surface area contributed by atoms with Gasteiger partial charge >= 0.3 is 0 Å². The molecule has 3 nitrogen and oxygen atoms in total. The van der Waals surface area contributed by atoms with Crippen molar-refractivity contribution >= 4 is 27.5 Å². The van der Waals surface area contributed by atoms with Crippen LogP contribution in [-0.4, -0.2) is 31.9 Å². The van der Waals surface area contributed by atoms with Gasteiger partial charge in [-0.15, -0.1) is 0 Å². The highest BCUT2D eigenvalue weighted by molar-refractivity contribution is 9.10. The standard InChI is InChI=1S/C14H18BrClFNO2/c1-9(13-3-2-5-19-13)18-4-6-20-14-8-12(17)11(16)7-10(14)15/h7-9,13,18H,2-6H2,1H3. The van der Waals surface area contributed by atoms with E-state index in [0.717, 1.165) is 19.4 Å². The minimum absolute atomic E-state index is 0.0781. The number of hydrogen-bond donors (Lipinski definition) is 1. The molecule has 2 atom stereocenters. The molecule has 0 bridgehead atoms. The molecule has 0 spiro atoms. The van der Waals surface area contributed by atoms with Gasteiger partial charge in [-0.25, -0.2) is 4.39 Å². The molecule has 1 saturated heterocycles. The van der Waals surface area contributed by atoms with E-state index in [2.05, 4.69) is 28.2 Å². The van der Waals surface area contributed by atoms with E-state index in [9.17, 15) is 4.39 Å². The van der Waals surface area contributed by atoms with Crippen molar-refractivity contribution in [3.63, 3.8) is 0 Å². The zero-order valence-corrected chi connectivity index (χ0v) is 13.6. The minimum atomic E-state index is -0.481. The zero-order chi connectivity index (χ0) is 14.5. The van der Waals surface area contributed by atoms with Crippen LogP contribution >= 0.6 is 27.5 Å². The molecule has 0 aliphatic carbocycles. The zero-order valence-electron chi connectivity index (χ0n) is 11.3. The van der Waals surface area contributed by atoms with Gasteiger partial charge < -0.3 is 14.8 Å². The molecule has 20 heavy (non-hydrogen) atoms. The average molecular weight is 367 g/mol. The molecular formula is C14H18BrClFNO2. The predicted molar refractivity (Wildman–Crippen MR) is 81.0 cm³/mol. The molecule has 6 heteroatoms. The largest absolute Gasteiger partial charge is 0.491 e. The molecule has 1 aliphatic rings. The molecule has 2 unspecified atom stereocenters. The molecule has 1 N–H and O–H groups in total. The van der Waals surface area contributed by atoms with Crippen molar-refractivity contribution in [3.05, 3.63) is 27.4 Å². The van der Waals surface area contributed by atoms with Gasteiger partial charge in [-0.05, 0) is 41.8 Å². The third kappa shape index (κ3) is 4.32. The summed E-state index contributed by atoms with van der Waals surface area (Å²) < 4.78 is 25.1. The van der Waals surface area contributed by atoms with Crippen molar-refractivity contribution in [3.8, 4) is 5.75 Å². The monoisotopic (exact) mass is 365 g/mol. The summed E-state index contributed by atoms with van der Waals surface area (Å²) >= 11 is 8.97. The van der Waals surface area contributed by atoms with E-state index in [1.165, 1.54) is 12.1 Å². The lowest BCUT2D eigenvalue weighted by Gasteiger charge is -2.20. The van der Waals surface area contributed by atoms with Crippen LogP contribution in [0.3, 0.4) is 0 Å². The summed E-state index contributed by atoms with van der Waals surface area (Å²) in [6, 6.07) is 3.08. The molecule has 1 heterocycles. The van der Waals surface area contributed by atoms with Crippen molar-refractivity contribution in [2.75, 3.05) is 19.8 Å². The maximum atomic E-state index is 13.3. The van der Waals surface area contributed by atoms with E-state index in [1.54, 1.807) is 0 Å². The van der Waals surface area contributed by atoms with E-state index in [4.69, 9.17) is 21.1 Å². The van der Waals surface area contributed by atoms with Gasteiger partial charge in [-0.1, -0.05) is 11.6 Å². The van der Waals surface area contributed by atoms with Crippen LogP contribution in [0.4, 0.5) is 4.39 Å². The van der Waals surface area contributed by atoms with E-state index < -0.39 is 5.82 Å². The molecule has 0 aromatic heterocycles. The van der Waals surface area contributed by atoms with Crippen LogP contribution in [0.2, 0.25) is 5.02 Å². The van der Waals surface area contributed by atoms with Crippen LogP contribution < -0.4 is 10.1 Å². The molecule has 1 aliphatic heterocycles. The lowest BCUT2D eigenvalue weighted by Crippen LogP contribution is -2.39. The van der Waals surface area contributed by atoms with Crippen molar-refractivity contribution in [1.29, 1.82) is 0 Å². The van der Waals surface area contributed by atoms with Gasteiger partial charge in [0.25, 0.3) is 0 Å². The summed E-state index contributed by atoms with van der Waals surface area (Å²) in [4.78, 5) is 0. The van der Waals surface area contributed by atoms with Crippen LogP contribution in [0.15, 0.2) is 16.6 Å². The van der Waals surface area contributed by atoms with Gasteiger partial charge in [0.1, 0.15) is 18.2 Å². The topological polar surface area (TPSA) is 30.5 Å². The first-order valence-electron chi connectivity index (χ1n) is 6.70. The van der Waals surface area contributed by atoms with E-state index >= 15 is 0 Å². The third-order valence-corrected chi connectivity index (χ3v) is 4.23. The first-order valence-corrected chi connectivity index (χ1v) is 7.87. The Labute approximate surface area is 131 Å². The predicted octanol–water partition coefficient (Wildman–Crippen LogP) is 3.78. The highest BCUT2D eigenvalue weighted by atomic mass is 79.9. The van der Waals surface area contributed by atoms with E-state index in [0.29, 0.717) is 29.4 Å². The SMILES string of the molecule is CC(NCCOc1cc(F)c(Cl)cc1Br)C1CCCO1. The molecular weight excluding hydrogens is 349 g/mol. The second kappa shape index (κ2) is 7.59. The Morgan fingerprint density at radius 1 is 1.60 bits per heavy atom. The lowest BCUT2D eigenvalue weighted by molar-refractivity contribution is 0.0824. The van der Waals surface area contributed by atoms with Crippen LogP contribution in [0, 0.1) is 5.82 Å². The van der Waals surface area contributed by atoms with Gasteiger partial charge in [-0.2, -0.15) is 0 Å². The first kappa shape index (κ1) is 16.0. The number of nitrogens with one attached hydrogen (secondary N) is 1. The Morgan fingerprint density at radius 3 is 3.10 bits per heavy atom. The highest BCUT2D eigenvalue weighted by Crippen LogP contribution is 2.30. The molecule has 0 amide bonds. The summed E-state index contributed by atoms with van der Waals surface area (Å²) in [6.45, 7) is 4.09. The molecule has 1 fully saturated rings. The Hall–Kier alpha value is -0.360. The first-order chi connectivity index (χ1) is 9.58. The Bertz CT molecular complexity index is 455. The summed E-state index contributed by atoms with van der Waals surface area (Å²) in [6.07, 6.45) is 2.52. The molecule has 1 aromatic rings. The van der Waals surface area contributed by atoms with E-state index in [-0.39, 0.29) is 11.1 Å². The molecule has 112 valence electrons. The van der Waals surface area contributed by atoms with Gasteiger partial charge in [-0.3, -0.25) is 0 Å². The number of hydrogen-bond acceptors (Lipinski definition) is 3. The summed E-state index contributed by atoms with van der Waals surface area (Å²) in [5.74, 6) is -0.0241. The molecule has 0 radical (unpaired) electrons. The third-order valence-electron chi connectivity index (χ3n) is 3.32. The maximum absolute atomic E-state index is 13.3. The van der Waals surface area contributed by atoms with E-state index in [1.807, 2.05) is 0 Å². The number of rotatable bonds is 6. The Kier molecular flexibility index (Phi) is 6.08. The summed E-state index contributed by atoms with van der Waals surface area (Å²) in [5.41, 5.74) is 0. The molecule has 1 aromatic carbocycles. The summed E-state index contributed by atoms with van der Waals surface area (Å²) in [7, 11) is 0. The highest BCUT2D eigenvalue weighted by Gasteiger charge is 2.21. The minimum Gasteiger partial charge on any atom is -0.491 e. The number of halogens is 3. The Balaban J connectivity index is 1.74. The number of benzene rings is 1. The fourth-order valence-corrected chi connectivity index (χ4v) is 2.94. The fourth-order valence-electron chi connectivity index (χ4n) is 2.19. The summed E-state index contributed by atoms with van der Waals surface area (Å²) in [5, 5.41) is 3.43. The quantitative estimate of drug-likeness (QED) is 0.614. The van der Waals surface area contributed by atoms with Crippen molar-refractivity contribution < 1.29 is 13.9 Å². The lowest BCUT2D eigenvalue weighted by atomic mass is 10.1. The van der Waals surface area contributed by atoms with Crippen LogP contribution in [0.1, 0.15) is 19.8 Å². The van der Waals surface area contributed by atoms with Gasteiger partial charge in [0.05, 0.1) is 15.6 Å². The van der Waals surface area contributed by atoms with Gasteiger partial charge in [0.15, 0.2) is 0 Å². The van der Waals surface area contributed by atoms with Crippen LogP contribution in [0.5, 0.6) is 5.75 Å². The van der Waals surface area contributed by atoms with Crippen molar-refractivity contribution in [2.24, 2.45) is 0 Å². The van der Waals surface area contributed by atoms with Crippen LogP contribution in [0.25, 0.3) is 0 Å². The second-order valence-corrected chi connectivity index (χ2v) is 6.10. The normalized spacial score (nSPS) is 20.1. The fraction of sp³-hybridized carbons (Fsp3) is 0.571. The Morgan fingerprint density at radius 2 is 2.40 bits per heavy atom. The van der Waals surface area contributed by atoms with Crippen molar-refractivity contribution in [2.45, 2.75) is 31.9 Å².